The molecule has 6 nitrogen and oxygen atoms in total. The number of ether oxygens (including phenoxy) is 1. The highest BCUT2D eigenvalue weighted by Crippen LogP contribution is 2.52. The third kappa shape index (κ3) is 3.20. The van der Waals surface area contributed by atoms with E-state index in [1.54, 1.807) is 12.1 Å². The minimum absolute atomic E-state index is 0.0442. The molecule has 1 aromatic heterocycles. The van der Waals surface area contributed by atoms with Crippen molar-refractivity contribution in [2.45, 2.75) is 44.6 Å². The van der Waals surface area contributed by atoms with E-state index in [1.807, 2.05) is 13.0 Å². The zero-order valence-electron chi connectivity index (χ0n) is 18.5. The van der Waals surface area contributed by atoms with E-state index >= 15 is 0 Å². The van der Waals surface area contributed by atoms with E-state index in [1.165, 1.54) is 6.07 Å². The number of hydrogen-bond acceptors (Lipinski definition) is 5. The average molecular weight is 435 g/mol. The summed E-state index contributed by atoms with van der Waals surface area (Å²) in [6, 6.07) is 6.08. The maximum absolute atomic E-state index is 14.9. The summed E-state index contributed by atoms with van der Waals surface area (Å²) in [5.41, 5.74) is 2.52. The maximum Gasteiger partial charge on any atom is 0.282 e. The summed E-state index contributed by atoms with van der Waals surface area (Å²) in [5.74, 6) is 0.236. The highest BCUT2D eigenvalue weighted by atomic mass is 19.1. The smallest absolute Gasteiger partial charge is 0.282 e. The number of benzene rings is 1. The Morgan fingerprint density at radius 3 is 2.72 bits per heavy atom. The topological polar surface area (TPSA) is 59.7 Å². The Labute approximate surface area is 187 Å². The standard InChI is InChI=1S/C25H27FN4O2/c1-15-18-9-8-17-21(16-6-4-5-7-19(16)26)28-24(30-10-12-32-13-11-30)29-23(17)25(18,2)14-20(27-3)22(15)31/h4-7,15,18,20H,8-14H2,1-2H3/t15-,18-,20?,25-/m1/s1. The molecule has 0 N–H and O–H groups in total. The second kappa shape index (κ2) is 7.93. The second-order valence-electron chi connectivity index (χ2n) is 9.38. The first-order chi connectivity index (χ1) is 15.4. The summed E-state index contributed by atoms with van der Waals surface area (Å²) < 4.78 is 20.4. The second-order valence-corrected chi connectivity index (χ2v) is 9.38. The normalized spacial score (nSPS) is 29.8. The minimum atomic E-state index is -0.657. The molecule has 1 unspecified atom stereocenters. The lowest BCUT2D eigenvalue weighted by atomic mass is 9.55. The van der Waals surface area contributed by atoms with Gasteiger partial charge in [-0.25, -0.2) is 20.9 Å². The molecule has 7 heteroatoms. The third-order valence-corrected chi connectivity index (χ3v) is 7.64. The Morgan fingerprint density at radius 2 is 2.00 bits per heavy atom. The summed E-state index contributed by atoms with van der Waals surface area (Å²) in [4.78, 5) is 28.5. The molecule has 2 aromatic rings. The molecule has 4 atom stereocenters. The fourth-order valence-corrected chi connectivity index (χ4v) is 5.92. The van der Waals surface area contributed by atoms with Crippen LogP contribution in [0.5, 0.6) is 0 Å². The van der Waals surface area contributed by atoms with Crippen LogP contribution in [-0.4, -0.2) is 48.1 Å². The summed E-state index contributed by atoms with van der Waals surface area (Å²) in [6.45, 7) is 14.2. The molecule has 3 aliphatic rings. The third-order valence-electron chi connectivity index (χ3n) is 7.64. The lowest BCUT2D eigenvalue weighted by Gasteiger charge is -2.48. The molecule has 2 heterocycles. The van der Waals surface area contributed by atoms with Crippen LogP contribution < -0.4 is 4.90 Å². The van der Waals surface area contributed by atoms with Gasteiger partial charge < -0.3 is 14.5 Å². The van der Waals surface area contributed by atoms with Gasteiger partial charge >= 0.3 is 0 Å². The van der Waals surface area contributed by atoms with Gasteiger partial charge in [-0.15, -0.1) is 0 Å². The Morgan fingerprint density at radius 1 is 1.25 bits per heavy atom. The van der Waals surface area contributed by atoms with Crippen molar-refractivity contribution < 1.29 is 13.9 Å². The SMILES string of the molecule is [C-]#[N+]C1C[C@@]2(C)c3nc(N4CCOCC4)nc(-c4ccccc4F)c3CC[C@@H]2[C@@H](C)C1=O. The van der Waals surface area contributed by atoms with E-state index in [9.17, 15) is 9.18 Å². The molecule has 1 aromatic carbocycles. The van der Waals surface area contributed by atoms with Crippen molar-refractivity contribution in [2.24, 2.45) is 11.8 Å². The van der Waals surface area contributed by atoms with Crippen LogP contribution in [0.15, 0.2) is 24.3 Å². The number of Topliss-reactive ketones (excluding diaryl/α,β-unsaturated/α-hetero) is 1. The first-order valence-electron chi connectivity index (χ1n) is 11.3. The van der Waals surface area contributed by atoms with Crippen LogP contribution in [0.25, 0.3) is 16.1 Å². The van der Waals surface area contributed by atoms with Crippen LogP contribution in [-0.2, 0) is 21.4 Å². The number of ketones is 1. The molecule has 0 spiro atoms. The highest BCUT2D eigenvalue weighted by Gasteiger charge is 2.55. The Hall–Kier alpha value is -2.85. The van der Waals surface area contributed by atoms with E-state index in [0.717, 1.165) is 17.7 Å². The van der Waals surface area contributed by atoms with Crippen molar-refractivity contribution in [2.75, 3.05) is 31.2 Å². The predicted octanol–water partition coefficient (Wildman–Crippen LogP) is 3.84. The molecule has 2 fully saturated rings. The van der Waals surface area contributed by atoms with Crippen LogP contribution in [0, 0.1) is 24.2 Å². The Bertz CT molecular complexity index is 1110. The van der Waals surface area contributed by atoms with Crippen molar-refractivity contribution in [1.29, 1.82) is 0 Å². The Kier molecular flexibility index (Phi) is 5.21. The van der Waals surface area contributed by atoms with Crippen LogP contribution in [0.1, 0.15) is 37.9 Å². The van der Waals surface area contributed by atoms with Crippen molar-refractivity contribution in [3.63, 3.8) is 0 Å². The number of carbonyl (C=O) groups excluding carboxylic acids is 1. The van der Waals surface area contributed by atoms with Crippen LogP contribution in [0.3, 0.4) is 0 Å². The van der Waals surface area contributed by atoms with Gasteiger partial charge in [0, 0.05) is 42.0 Å². The zero-order chi connectivity index (χ0) is 22.5. The molecule has 0 bridgehead atoms. The number of anilines is 1. The molecule has 1 saturated carbocycles. The first kappa shape index (κ1) is 21.0. The number of halogens is 1. The largest absolute Gasteiger partial charge is 0.378 e. The number of carbonyl (C=O) groups is 1. The van der Waals surface area contributed by atoms with Gasteiger partial charge in [-0.2, -0.15) is 0 Å². The lowest BCUT2D eigenvalue weighted by molar-refractivity contribution is -0.129. The first-order valence-corrected chi connectivity index (χ1v) is 11.3. The van der Waals surface area contributed by atoms with E-state index in [4.69, 9.17) is 21.3 Å². The fraction of sp³-hybridized carbons (Fsp3) is 0.520. The number of rotatable bonds is 2. The Balaban J connectivity index is 1.72. The van der Waals surface area contributed by atoms with Crippen molar-refractivity contribution in [3.8, 4) is 11.3 Å². The van der Waals surface area contributed by atoms with Gasteiger partial charge in [0.2, 0.25) is 11.7 Å². The number of aromatic nitrogens is 2. The van der Waals surface area contributed by atoms with Gasteiger partial charge in [0.05, 0.1) is 24.6 Å². The molecule has 1 aliphatic heterocycles. The van der Waals surface area contributed by atoms with Crippen LogP contribution in [0.2, 0.25) is 0 Å². The van der Waals surface area contributed by atoms with Gasteiger partial charge in [0.25, 0.3) is 6.04 Å². The molecule has 1 saturated heterocycles. The van der Waals surface area contributed by atoms with Gasteiger partial charge in [-0.1, -0.05) is 26.0 Å². The zero-order valence-corrected chi connectivity index (χ0v) is 18.5. The molecule has 0 radical (unpaired) electrons. The van der Waals surface area contributed by atoms with Gasteiger partial charge in [0.15, 0.2) is 0 Å². The predicted molar refractivity (Wildman–Crippen MR) is 119 cm³/mol. The van der Waals surface area contributed by atoms with E-state index in [2.05, 4.69) is 16.7 Å². The summed E-state index contributed by atoms with van der Waals surface area (Å²) in [7, 11) is 0. The molecular formula is C25H27FN4O2. The van der Waals surface area contributed by atoms with Gasteiger partial charge in [-0.05, 0) is 30.9 Å². The number of morpholine rings is 1. The van der Waals surface area contributed by atoms with E-state index < -0.39 is 11.5 Å². The number of hydrogen-bond donors (Lipinski definition) is 0. The molecule has 2 aliphatic carbocycles. The van der Waals surface area contributed by atoms with E-state index in [-0.39, 0.29) is 23.4 Å². The van der Waals surface area contributed by atoms with Crippen molar-refractivity contribution in [3.05, 3.63) is 52.8 Å². The summed E-state index contributed by atoms with van der Waals surface area (Å²) in [5, 5.41) is 0. The average Bonchev–Trinajstić information content (AvgIpc) is 2.82. The van der Waals surface area contributed by atoms with Crippen molar-refractivity contribution in [1.82, 2.24) is 9.97 Å². The molecule has 0 amide bonds. The monoisotopic (exact) mass is 434 g/mol. The number of nitrogens with zero attached hydrogens (tertiary/aromatic N) is 4. The van der Waals surface area contributed by atoms with Crippen LogP contribution >= 0.6 is 0 Å². The van der Waals surface area contributed by atoms with E-state index in [0.29, 0.717) is 56.4 Å². The highest BCUT2D eigenvalue weighted by molar-refractivity contribution is 5.89. The molecule has 166 valence electrons. The molecule has 32 heavy (non-hydrogen) atoms. The molecular weight excluding hydrogens is 407 g/mol. The summed E-state index contributed by atoms with van der Waals surface area (Å²) >= 11 is 0. The van der Waals surface area contributed by atoms with Crippen LogP contribution in [0.4, 0.5) is 10.3 Å². The quantitative estimate of drug-likeness (QED) is 0.673. The minimum Gasteiger partial charge on any atom is -0.378 e. The van der Waals surface area contributed by atoms with Crippen molar-refractivity contribution >= 4 is 11.7 Å². The maximum atomic E-state index is 14.9. The van der Waals surface area contributed by atoms with Gasteiger partial charge in [0.1, 0.15) is 5.82 Å². The number of fused-ring (bicyclic) bond motifs is 3. The fourth-order valence-electron chi connectivity index (χ4n) is 5.92. The molecule has 5 rings (SSSR count). The summed E-state index contributed by atoms with van der Waals surface area (Å²) in [6.07, 6.45) is 1.96. The van der Waals surface area contributed by atoms with Gasteiger partial charge in [-0.3, -0.25) is 4.79 Å². The lowest BCUT2D eigenvalue weighted by Crippen LogP contribution is -2.52.